The van der Waals surface area contributed by atoms with E-state index in [1.807, 2.05) is 30.3 Å². The third-order valence-corrected chi connectivity index (χ3v) is 4.65. The second-order valence-electron chi connectivity index (χ2n) is 6.69. The van der Waals surface area contributed by atoms with Gasteiger partial charge >= 0.3 is 17.8 Å². The Kier molecular flexibility index (Phi) is 6.89. The quantitative estimate of drug-likeness (QED) is 0.316. The van der Waals surface area contributed by atoms with Gasteiger partial charge in [0.1, 0.15) is 17.1 Å². The molecule has 9 heteroatoms. The summed E-state index contributed by atoms with van der Waals surface area (Å²) >= 11 is 0. The average molecular weight is 438 g/mol. The van der Waals surface area contributed by atoms with Crippen molar-refractivity contribution in [2.24, 2.45) is 0 Å². The Bertz CT molecular complexity index is 1110. The van der Waals surface area contributed by atoms with E-state index in [0.717, 1.165) is 0 Å². The molecule has 0 radical (unpaired) electrons. The number of benzene rings is 1. The molecule has 3 rings (SSSR count). The number of amides is 1. The monoisotopic (exact) mass is 438 g/mol. The summed E-state index contributed by atoms with van der Waals surface area (Å²) in [6, 6.07) is 12.3. The minimum atomic E-state index is -0.978. The van der Waals surface area contributed by atoms with Crippen molar-refractivity contribution < 1.29 is 33.1 Å². The number of carbonyl (C=O) groups excluding carboxylic acids is 4. The first-order valence-corrected chi connectivity index (χ1v) is 9.81. The molecule has 1 aliphatic heterocycles. The van der Waals surface area contributed by atoms with Crippen LogP contribution < -0.4 is 10.2 Å². The zero-order valence-electron chi connectivity index (χ0n) is 17.8. The van der Waals surface area contributed by atoms with Gasteiger partial charge in [-0.05, 0) is 38.1 Å². The molecule has 1 N–H and O–H groups in total. The molecule has 0 aliphatic carbocycles. The maximum Gasteiger partial charge on any atom is 0.396 e. The highest BCUT2D eigenvalue weighted by Crippen LogP contribution is 2.35. The van der Waals surface area contributed by atoms with Gasteiger partial charge < -0.3 is 24.1 Å². The summed E-state index contributed by atoms with van der Waals surface area (Å²) in [5.74, 6) is -2.39. The first-order chi connectivity index (χ1) is 15.4. The molecule has 0 bridgehead atoms. The van der Waals surface area contributed by atoms with E-state index in [2.05, 4.69) is 10.1 Å². The number of esters is 2. The normalized spacial score (nSPS) is 14.7. The molecular formula is C23H22N2O7. The van der Waals surface area contributed by atoms with Crippen LogP contribution in [0.4, 0.5) is 5.69 Å². The molecule has 0 spiro atoms. The van der Waals surface area contributed by atoms with Crippen molar-refractivity contribution in [3.63, 3.8) is 0 Å². The number of furan rings is 1. The fraction of sp³-hybridized carbons (Fsp3) is 0.217. The van der Waals surface area contributed by atoms with Crippen LogP contribution in [0, 0.1) is 0 Å². The van der Waals surface area contributed by atoms with E-state index >= 15 is 0 Å². The molecule has 2 aromatic rings. The van der Waals surface area contributed by atoms with Crippen molar-refractivity contribution in [1.82, 2.24) is 5.32 Å². The summed E-state index contributed by atoms with van der Waals surface area (Å²) in [6.07, 6.45) is 1.51. The Morgan fingerprint density at radius 3 is 2.50 bits per heavy atom. The van der Waals surface area contributed by atoms with Crippen molar-refractivity contribution in [2.45, 2.75) is 20.4 Å². The molecule has 0 fully saturated rings. The predicted octanol–water partition coefficient (Wildman–Crippen LogP) is 2.34. The van der Waals surface area contributed by atoms with Gasteiger partial charge in [0, 0.05) is 17.5 Å². The van der Waals surface area contributed by atoms with Gasteiger partial charge in [-0.2, -0.15) is 0 Å². The number of nitrogens with zero attached hydrogens (tertiary/aromatic N) is 1. The second-order valence-corrected chi connectivity index (χ2v) is 6.69. The molecule has 1 amide bonds. The Hall–Kier alpha value is -4.14. The summed E-state index contributed by atoms with van der Waals surface area (Å²) in [7, 11) is 1.22. The van der Waals surface area contributed by atoms with E-state index in [1.165, 1.54) is 13.2 Å². The van der Waals surface area contributed by atoms with Gasteiger partial charge in [-0.1, -0.05) is 18.2 Å². The van der Waals surface area contributed by atoms with Crippen molar-refractivity contribution in [3.05, 3.63) is 71.0 Å². The predicted molar refractivity (Wildman–Crippen MR) is 114 cm³/mol. The topological polar surface area (TPSA) is 115 Å². The van der Waals surface area contributed by atoms with E-state index in [4.69, 9.17) is 9.15 Å². The van der Waals surface area contributed by atoms with Gasteiger partial charge in [0.05, 0.1) is 26.0 Å². The van der Waals surface area contributed by atoms with Crippen molar-refractivity contribution in [3.8, 4) is 0 Å². The van der Waals surface area contributed by atoms with Gasteiger partial charge in [-0.3, -0.25) is 9.59 Å². The lowest BCUT2D eigenvalue weighted by molar-refractivity contribution is -0.154. The molecule has 166 valence electrons. The van der Waals surface area contributed by atoms with Crippen LogP contribution in [0.15, 0.2) is 63.8 Å². The van der Waals surface area contributed by atoms with E-state index in [-0.39, 0.29) is 24.4 Å². The van der Waals surface area contributed by atoms with Gasteiger partial charge in [0.15, 0.2) is 0 Å². The Morgan fingerprint density at radius 1 is 1.12 bits per heavy atom. The third kappa shape index (κ3) is 4.61. The van der Waals surface area contributed by atoms with Crippen molar-refractivity contribution in [2.75, 3.05) is 18.6 Å². The second kappa shape index (κ2) is 9.78. The Morgan fingerprint density at radius 2 is 1.84 bits per heavy atom. The van der Waals surface area contributed by atoms with Crippen molar-refractivity contribution in [1.29, 1.82) is 0 Å². The highest BCUT2D eigenvalue weighted by molar-refractivity contribution is 6.32. The summed E-state index contributed by atoms with van der Waals surface area (Å²) in [6.45, 7) is 3.32. The molecule has 2 heterocycles. The Balaban J connectivity index is 1.87. The highest BCUT2D eigenvalue weighted by Gasteiger charge is 2.38. The van der Waals surface area contributed by atoms with Crippen LogP contribution in [-0.4, -0.2) is 37.3 Å². The molecule has 1 aromatic carbocycles. The molecule has 0 saturated carbocycles. The van der Waals surface area contributed by atoms with Gasteiger partial charge in [0.2, 0.25) is 5.78 Å². The number of methoxy groups -OCH3 is 1. The number of para-hydroxylation sites is 1. The highest BCUT2D eigenvalue weighted by atomic mass is 16.5. The zero-order valence-corrected chi connectivity index (χ0v) is 17.8. The van der Waals surface area contributed by atoms with Crippen LogP contribution >= 0.6 is 0 Å². The van der Waals surface area contributed by atoms with Crippen LogP contribution in [-0.2, 0) is 35.2 Å². The minimum Gasteiger partial charge on any atom is -0.465 e. The summed E-state index contributed by atoms with van der Waals surface area (Å²) in [4.78, 5) is 50.0. The SMILES string of the molecule is CCOC(=O)C(=O)NCc1ccc(/C=C2\C(=O)C(C(=O)OC)=C(C)N2c2ccccc2)o1. The molecule has 9 nitrogen and oxygen atoms in total. The number of carbonyl (C=O) groups is 4. The summed E-state index contributed by atoms with van der Waals surface area (Å²) in [5.41, 5.74) is 1.28. The number of Topliss-reactive ketones (excluding diaryl/α,β-unsaturated/α-hetero) is 1. The number of hydrogen-bond acceptors (Lipinski definition) is 8. The van der Waals surface area contributed by atoms with Gasteiger partial charge in [-0.25, -0.2) is 9.59 Å². The molecular weight excluding hydrogens is 416 g/mol. The van der Waals surface area contributed by atoms with Gasteiger partial charge in [0.25, 0.3) is 0 Å². The number of nitrogens with one attached hydrogen (secondary N) is 1. The lowest BCUT2D eigenvalue weighted by Crippen LogP contribution is -2.31. The van der Waals surface area contributed by atoms with Crippen LogP contribution in [0.2, 0.25) is 0 Å². The maximum absolute atomic E-state index is 13.0. The number of allylic oxidation sites excluding steroid dienone is 2. The van der Waals surface area contributed by atoms with E-state index in [9.17, 15) is 19.2 Å². The standard InChI is InChI=1S/C23H22N2O7/c1-4-31-23(29)21(27)24-13-17-11-10-16(32-17)12-18-20(26)19(22(28)30-3)14(2)25(18)15-8-6-5-7-9-15/h5-12H,4,13H2,1-3H3,(H,24,27)/b18-12+. The maximum atomic E-state index is 13.0. The fourth-order valence-corrected chi connectivity index (χ4v) is 3.21. The van der Waals surface area contributed by atoms with Crippen molar-refractivity contribution >= 4 is 35.4 Å². The number of anilines is 1. The minimum absolute atomic E-state index is 0.0398. The lowest BCUT2D eigenvalue weighted by Gasteiger charge is -2.21. The van der Waals surface area contributed by atoms with Crippen LogP contribution in [0.1, 0.15) is 25.4 Å². The first kappa shape index (κ1) is 22.5. The fourth-order valence-electron chi connectivity index (χ4n) is 3.21. The third-order valence-electron chi connectivity index (χ3n) is 4.65. The summed E-state index contributed by atoms with van der Waals surface area (Å²) < 4.78 is 15.1. The molecule has 1 aliphatic rings. The molecule has 0 saturated heterocycles. The van der Waals surface area contributed by atoms with E-state index in [0.29, 0.717) is 22.9 Å². The van der Waals surface area contributed by atoms with Crippen LogP contribution in [0.3, 0.4) is 0 Å². The summed E-state index contributed by atoms with van der Waals surface area (Å²) in [5, 5.41) is 2.40. The molecule has 0 atom stereocenters. The van der Waals surface area contributed by atoms with E-state index in [1.54, 1.807) is 30.9 Å². The van der Waals surface area contributed by atoms with Crippen LogP contribution in [0.5, 0.6) is 0 Å². The lowest BCUT2D eigenvalue weighted by atomic mass is 10.1. The number of ether oxygens (including phenoxy) is 2. The smallest absolute Gasteiger partial charge is 0.396 e. The van der Waals surface area contributed by atoms with Crippen LogP contribution in [0.25, 0.3) is 6.08 Å². The zero-order chi connectivity index (χ0) is 23.3. The number of ketones is 1. The molecule has 32 heavy (non-hydrogen) atoms. The number of hydrogen-bond donors (Lipinski definition) is 1. The molecule has 1 aromatic heterocycles. The molecule has 0 unspecified atom stereocenters. The largest absolute Gasteiger partial charge is 0.465 e. The first-order valence-electron chi connectivity index (χ1n) is 9.81. The average Bonchev–Trinajstić information content (AvgIpc) is 3.34. The Labute approximate surface area is 184 Å². The van der Waals surface area contributed by atoms with E-state index < -0.39 is 23.6 Å². The number of rotatable bonds is 6. The van der Waals surface area contributed by atoms with Gasteiger partial charge in [-0.15, -0.1) is 0 Å².